The largest absolute Gasteiger partial charge is 0.700 e. The van der Waals surface area contributed by atoms with Gasteiger partial charge in [-0.2, -0.15) is 0 Å². The molecule has 0 saturated heterocycles. The monoisotopic (exact) mass is 257 g/mol. The Hall–Kier alpha value is 0.330. The molecule has 6 nitrogen and oxygen atoms in total. The van der Waals surface area contributed by atoms with E-state index in [1.807, 2.05) is 0 Å². The molecule has 0 amide bonds. The summed E-state index contributed by atoms with van der Waals surface area (Å²) in [5, 5.41) is 9.87. The molecule has 88 valence electrons. The van der Waals surface area contributed by atoms with Gasteiger partial charge in [0.15, 0.2) is 9.03 Å². The van der Waals surface area contributed by atoms with E-state index in [-0.39, 0.29) is 5.92 Å². The molecule has 0 aromatic heterocycles. The van der Waals surface area contributed by atoms with Gasteiger partial charge in [-0.25, -0.2) is 0 Å². The minimum Gasteiger partial charge on any atom is -0.352 e. The van der Waals surface area contributed by atoms with Gasteiger partial charge in [0.05, 0.1) is 0 Å². The maximum atomic E-state index is 10.5. The van der Waals surface area contributed by atoms with Crippen molar-refractivity contribution in [1.82, 2.24) is 0 Å². The lowest BCUT2D eigenvalue weighted by Crippen LogP contribution is -2.41. The normalized spacial score (nSPS) is 24.3. The molecule has 0 heterocycles. The SMILES string of the molecule is O=[P+](O)OC(O)(OPO)C1CCCCC1. The lowest BCUT2D eigenvalue weighted by molar-refractivity contribution is -0.307. The second kappa shape index (κ2) is 6.16. The fourth-order valence-electron chi connectivity index (χ4n) is 1.82. The molecule has 1 fully saturated rings. The first-order valence-corrected chi connectivity index (χ1v) is 6.72. The van der Waals surface area contributed by atoms with E-state index in [1.54, 1.807) is 0 Å². The van der Waals surface area contributed by atoms with Crippen LogP contribution in [0.1, 0.15) is 32.1 Å². The van der Waals surface area contributed by atoms with Gasteiger partial charge >= 0.3 is 14.2 Å². The smallest absolute Gasteiger partial charge is 0.352 e. The Kier molecular flexibility index (Phi) is 5.50. The van der Waals surface area contributed by atoms with Crippen LogP contribution < -0.4 is 0 Å². The van der Waals surface area contributed by atoms with E-state index in [0.717, 1.165) is 19.3 Å². The zero-order valence-electron chi connectivity index (χ0n) is 8.13. The van der Waals surface area contributed by atoms with Crippen LogP contribution in [0.2, 0.25) is 0 Å². The second-order valence-electron chi connectivity index (χ2n) is 3.49. The van der Waals surface area contributed by atoms with Crippen LogP contribution in [0, 0.1) is 5.92 Å². The maximum absolute atomic E-state index is 10.5. The Labute approximate surface area is 90.5 Å². The highest BCUT2D eigenvalue weighted by Gasteiger charge is 2.47. The van der Waals surface area contributed by atoms with Crippen LogP contribution in [0.4, 0.5) is 0 Å². The van der Waals surface area contributed by atoms with Crippen LogP contribution in [0.25, 0.3) is 0 Å². The predicted octanol–water partition coefficient (Wildman–Crippen LogP) is 1.40. The highest BCUT2D eigenvalue weighted by molar-refractivity contribution is 7.32. The molecule has 0 aromatic carbocycles. The minimum atomic E-state index is -2.96. The number of aliphatic hydroxyl groups is 1. The van der Waals surface area contributed by atoms with Crippen LogP contribution in [0.15, 0.2) is 0 Å². The van der Waals surface area contributed by atoms with E-state index in [2.05, 4.69) is 9.05 Å². The van der Waals surface area contributed by atoms with Crippen molar-refractivity contribution in [1.29, 1.82) is 0 Å². The third-order valence-corrected chi connectivity index (χ3v) is 3.32. The van der Waals surface area contributed by atoms with Crippen LogP contribution in [0.5, 0.6) is 0 Å². The molecule has 0 bridgehead atoms. The van der Waals surface area contributed by atoms with E-state index in [9.17, 15) is 9.67 Å². The topological polar surface area (TPSA) is 96.2 Å². The van der Waals surface area contributed by atoms with E-state index in [1.165, 1.54) is 0 Å². The third kappa shape index (κ3) is 4.00. The van der Waals surface area contributed by atoms with Gasteiger partial charge < -0.3 is 10.00 Å². The molecule has 0 aliphatic heterocycles. The van der Waals surface area contributed by atoms with Crippen LogP contribution >= 0.6 is 17.3 Å². The summed E-state index contributed by atoms with van der Waals surface area (Å²) in [5.74, 6) is -2.49. The lowest BCUT2D eigenvalue weighted by atomic mass is 9.87. The summed E-state index contributed by atoms with van der Waals surface area (Å²) in [6.45, 7) is 0. The first-order chi connectivity index (χ1) is 7.08. The van der Waals surface area contributed by atoms with E-state index in [4.69, 9.17) is 9.79 Å². The fourth-order valence-corrected chi connectivity index (χ4v) is 2.64. The van der Waals surface area contributed by atoms with Crippen molar-refractivity contribution >= 4 is 17.3 Å². The molecule has 3 atom stereocenters. The van der Waals surface area contributed by atoms with Gasteiger partial charge in [0.25, 0.3) is 0 Å². The van der Waals surface area contributed by atoms with Gasteiger partial charge in [-0.1, -0.05) is 23.8 Å². The Balaban J connectivity index is 2.64. The minimum absolute atomic E-state index is 0.364. The standard InChI is InChI=1S/C7H14O6P2/c8-7(12-14-9,13-15(10)11)6-4-2-1-3-5-6/h6,8-9,14H,1-5H2/p+1. The van der Waals surface area contributed by atoms with Crippen molar-refractivity contribution in [2.75, 3.05) is 0 Å². The molecule has 15 heavy (non-hydrogen) atoms. The van der Waals surface area contributed by atoms with Gasteiger partial charge in [0.2, 0.25) is 0 Å². The Morgan fingerprint density at radius 2 is 1.93 bits per heavy atom. The van der Waals surface area contributed by atoms with Gasteiger partial charge in [-0.05, 0) is 12.8 Å². The van der Waals surface area contributed by atoms with Crippen molar-refractivity contribution < 1.29 is 28.5 Å². The Morgan fingerprint density at radius 1 is 1.33 bits per heavy atom. The van der Waals surface area contributed by atoms with Gasteiger partial charge in [-0.3, -0.25) is 4.52 Å². The molecule has 3 unspecified atom stereocenters. The summed E-state index contributed by atoms with van der Waals surface area (Å²) in [7, 11) is -3.94. The molecule has 0 radical (unpaired) electrons. The first kappa shape index (κ1) is 13.4. The highest BCUT2D eigenvalue weighted by Crippen LogP contribution is 2.41. The van der Waals surface area contributed by atoms with Crippen molar-refractivity contribution in [2.45, 2.75) is 38.1 Å². The summed E-state index contributed by atoms with van der Waals surface area (Å²) >= 11 is 0. The van der Waals surface area contributed by atoms with E-state index < -0.39 is 23.3 Å². The van der Waals surface area contributed by atoms with Crippen LogP contribution in [-0.2, 0) is 13.6 Å². The van der Waals surface area contributed by atoms with Crippen molar-refractivity contribution in [2.24, 2.45) is 5.92 Å². The predicted molar refractivity (Wildman–Crippen MR) is 54.1 cm³/mol. The lowest BCUT2D eigenvalue weighted by Gasteiger charge is -2.31. The summed E-state index contributed by atoms with van der Waals surface area (Å²) in [6.07, 6.45) is 4.21. The van der Waals surface area contributed by atoms with Crippen LogP contribution in [0.3, 0.4) is 0 Å². The van der Waals surface area contributed by atoms with E-state index >= 15 is 0 Å². The van der Waals surface area contributed by atoms with Gasteiger partial charge in [0.1, 0.15) is 0 Å². The zero-order valence-corrected chi connectivity index (χ0v) is 10.0. The molecule has 0 aromatic rings. The first-order valence-electron chi connectivity index (χ1n) is 4.73. The summed E-state index contributed by atoms with van der Waals surface area (Å²) in [6, 6.07) is 0. The fraction of sp³-hybridized carbons (Fsp3) is 1.00. The highest BCUT2D eigenvalue weighted by atomic mass is 31.1. The van der Waals surface area contributed by atoms with Crippen molar-refractivity contribution in [3.63, 3.8) is 0 Å². The molecule has 1 rings (SSSR count). The van der Waals surface area contributed by atoms with E-state index in [0.29, 0.717) is 12.8 Å². The van der Waals surface area contributed by atoms with Crippen LogP contribution in [-0.4, -0.2) is 20.9 Å². The number of hydrogen-bond donors (Lipinski definition) is 3. The molecule has 1 aliphatic carbocycles. The number of hydrogen-bond acceptors (Lipinski definition) is 5. The zero-order chi connectivity index (χ0) is 11.3. The molecule has 0 spiro atoms. The molecule has 3 N–H and O–H groups in total. The second-order valence-corrected chi connectivity index (χ2v) is 4.53. The summed E-state index contributed by atoms with van der Waals surface area (Å²) in [4.78, 5) is 17.2. The molecule has 8 heteroatoms. The quantitative estimate of drug-likeness (QED) is 0.508. The number of rotatable bonds is 5. The molecule has 1 saturated carbocycles. The average Bonchev–Trinajstić information content (AvgIpc) is 2.18. The average molecular weight is 257 g/mol. The van der Waals surface area contributed by atoms with Gasteiger partial charge in [-0.15, -0.1) is 4.89 Å². The maximum Gasteiger partial charge on any atom is 0.700 e. The third-order valence-electron chi connectivity index (χ3n) is 2.52. The van der Waals surface area contributed by atoms with Crippen molar-refractivity contribution in [3.8, 4) is 0 Å². The molecular weight excluding hydrogens is 242 g/mol. The summed E-state index contributed by atoms with van der Waals surface area (Å²) in [5.41, 5.74) is 0. The van der Waals surface area contributed by atoms with Gasteiger partial charge in [0, 0.05) is 10.5 Å². The summed E-state index contributed by atoms with van der Waals surface area (Å²) < 4.78 is 19.7. The van der Waals surface area contributed by atoms with Crippen molar-refractivity contribution in [3.05, 3.63) is 0 Å². The molecular formula is C7H15O6P2+. The Bertz CT molecular complexity index is 220. The molecule has 1 aliphatic rings. The Morgan fingerprint density at radius 3 is 2.40 bits per heavy atom.